The maximum atomic E-state index is 13.2. The molecule has 8 nitrogen and oxygen atoms in total. The summed E-state index contributed by atoms with van der Waals surface area (Å²) < 4.78 is 25.6. The van der Waals surface area contributed by atoms with E-state index < -0.39 is 5.97 Å². The predicted molar refractivity (Wildman–Crippen MR) is 108 cm³/mol. The first kappa shape index (κ1) is 21.9. The number of hydrogen-bond acceptors (Lipinski definition) is 7. The van der Waals surface area contributed by atoms with E-state index in [4.69, 9.17) is 35.3 Å². The lowest BCUT2D eigenvalue weighted by molar-refractivity contribution is 0.0448. The van der Waals surface area contributed by atoms with Gasteiger partial charge in [-0.05, 0) is 29.3 Å². The van der Waals surface area contributed by atoms with E-state index in [2.05, 4.69) is 0 Å². The molecule has 2 aromatic rings. The highest BCUT2D eigenvalue weighted by atomic mass is 35.5. The molecule has 1 heterocycles. The first-order chi connectivity index (χ1) is 14.5. The normalized spacial score (nSPS) is 12.5. The Morgan fingerprint density at radius 1 is 0.933 bits per heavy atom. The Bertz CT molecular complexity index is 947. The van der Waals surface area contributed by atoms with Crippen molar-refractivity contribution in [1.29, 1.82) is 0 Å². The zero-order valence-electron chi connectivity index (χ0n) is 16.9. The highest BCUT2D eigenvalue weighted by Crippen LogP contribution is 2.35. The fraction of sp³-hybridized carbons (Fsp3) is 0.333. The summed E-state index contributed by atoms with van der Waals surface area (Å²) >= 11 is 6.29. The van der Waals surface area contributed by atoms with E-state index in [0.717, 1.165) is 11.1 Å². The molecule has 0 radical (unpaired) electrons. The molecule has 0 saturated heterocycles. The number of halogens is 1. The van der Waals surface area contributed by atoms with Gasteiger partial charge in [0.2, 0.25) is 0 Å². The van der Waals surface area contributed by atoms with Crippen LogP contribution in [0, 0.1) is 0 Å². The van der Waals surface area contributed by atoms with Gasteiger partial charge in [0, 0.05) is 33.4 Å². The van der Waals surface area contributed by atoms with Gasteiger partial charge in [-0.15, -0.1) is 0 Å². The Morgan fingerprint density at radius 2 is 1.60 bits per heavy atom. The van der Waals surface area contributed by atoms with Gasteiger partial charge in [-0.3, -0.25) is 4.79 Å². The number of carbonyl (C=O) groups excluding carboxylic acids is 2. The van der Waals surface area contributed by atoms with Crippen LogP contribution in [0.25, 0.3) is 0 Å². The van der Waals surface area contributed by atoms with Gasteiger partial charge in [0.05, 0.1) is 23.3 Å². The molecule has 1 amide bonds. The van der Waals surface area contributed by atoms with Gasteiger partial charge in [-0.1, -0.05) is 17.7 Å². The number of methoxy groups -OCH3 is 3. The summed E-state index contributed by atoms with van der Waals surface area (Å²) in [6, 6.07) is 8.29. The Kier molecular flexibility index (Phi) is 7.15. The van der Waals surface area contributed by atoms with Gasteiger partial charge in [-0.2, -0.15) is 0 Å². The highest BCUT2D eigenvalue weighted by Gasteiger charge is 2.28. The molecule has 160 valence electrons. The van der Waals surface area contributed by atoms with Crippen molar-refractivity contribution in [2.45, 2.75) is 13.1 Å². The lowest BCUT2D eigenvalue weighted by atomic mass is 10.1. The number of hydrogen-bond donors (Lipinski definition) is 0. The molecule has 9 heteroatoms. The number of benzene rings is 2. The van der Waals surface area contributed by atoms with Crippen LogP contribution in [0.2, 0.25) is 5.02 Å². The molecule has 0 bridgehead atoms. The van der Waals surface area contributed by atoms with E-state index in [1.165, 1.54) is 33.5 Å². The number of esters is 1. The molecule has 0 atom stereocenters. The number of ether oxygens (including phenoxy) is 5. The van der Waals surface area contributed by atoms with Crippen molar-refractivity contribution in [1.82, 2.24) is 4.90 Å². The number of nitrogens with zero attached hydrogens (tertiary/aromatic N) is 1. The van der Waals surface area contributed by atoms with Crippen LogP contribution in [0.1, 0.15) is 31.8 Å². The molecule has 1 aliphatic rings. The number of rotatable bonds is 8. The molecule has 3 rings (SSSR count). The first-order valence-electron chi connectivity index (χ1n) is 9.04. The largest absolute Gasteiger partial charge is 0.467 e. The minimum absolute atomic E-state index is 0.000688. The molecule has 0 saturated carbocycles. The van der Waals surface area contributed by atoms with Gasteiger partial charge in [0.1, 0.15) is 11.5 Å². The molecule has 1 aliphatic heterocycles. The van der Waals surface area contributed by atoms with Gasteiger partial charge in [-0.25, -0.2) is 4.79 Å². The lowest BCUT2D eigenvalue weighted by Gasteiger charge is -2.19. The summed E-state index contributed by atoms with van der Waals surface area (Å²) in [5.41, 5.74) is 2.57. The Morgan fingerprint density at radius 3 is 2.27 bits per heavy atom. The molecule has 0 aliphatic carbocycles. The summed E-state index contributed by atoms with van der Waals surface area (Å²) in [6.07, 6.45) is 0. The van der Waals surface area contributed by atoms with Crippen LogP contribution in [-0.2, 0) is 27.3 Å². The number of carbonyl (C=O) groups is 2. The molecule has 30 heavy (non-hydrogen) atoms. The third-order valence-corrected chi connectivity index (χ3v) is 4.86. The maximum absolute atomic E-state index is 13.2. The van der Waals surface area contributed by atoms with E-state index in [1.807, 2.05) is 6.07 Å². The minimum atomic E-state index is -0.420. The average molecular weight is 436 g/mol. The summed E-state index contributed by atoms with van der Waals surface area (Å²) in [6.45, 7) is 0.705. The van der Waals surface area contributed by atoms with Crippen molar-refractivity contribution >= 4 is 23.5 Å². The van der Waals surface area contributed by atoms with E-state index in [1.54, 1.807) is 17.0 Å². The zero-order valence-corrected chi connectivity index (χ0v) is 17.7. The highest BCUT2D eigenvalue weighted by molar-refractivity contribution is 6.32. The third kappa shape index (κ3) is 4.67. The summed E-state index contributed by atoms with van der Waals surface area (Å²) in [5.74, 6) is -0.0782. The van der Waals surface area contributed by atoms with Crippen LogP contribution in [0.5, 0.6) is 11.5 Å². The summed E-state index contributed by atoms with van der Waals surface area (Å²) in [7, 11) is 4.30. The Labute approximate surface area is 179 Å². The second-order valence-corrected chi connectivity index (χ2v) is 6.92. The third-order valence-electron chi connectivity index (χ3n) is 4.57. The van der Waals surface area contributed by atoms with Crippen molar-refractivity contribution in [2.24, 2.45) is 0 Å². The van der Waals surface area contributed by atoms with Crippen molar-refractivity contribution in [2.75, 3.05) is 34.9 Å². The van der Waals surface area contributed by atoms with Crippen LogP contribution < -0.4 is 9.47 Å². The maximum Gasteiger partial charge on any atom is 0.337 e. The van der Waals surface area contributed by atoms with Crippen molar-refractivity contribution < 1.29 is 33.3 Å². The zero-order chi connectivity index (χ0) is 21.7. The molecule has 0 N–H and O–H groups in total. The van der Waals surface area contributed by atoms with E-state index in [0.29, 0.717) is 24.4 Å². The molecular formula is C21H22ClNO7. The minimum Gasteiger partial charge on any atom is -0.467 e. The molecule has 0 fully saturated rings. The topological polar surface area (TPSA) is 83.5 Å². The lowest BCUT2D eigenvalue weighted by Crippen LogP contribution is -2.26. The van der Waals surface area contributed by atoms with Gasteiger partial charge in [0.15, 0.2) is 13.6 Å². The predicted octanol–water partition coefficient (Wildman–Crippen LogP) is 3.25. The van der Waals surface area contributed by atoms with E-state index >= 15 is 0 Å². The van der Waals surface area contributed by atoms with Gasteiger partial charge in [0.25, 0.3) is 5.91 Å². The van der Waals surface area contributed by atoms with Gasteiger partial charge < -0.3 is 28.6 Å². The summed E-state index contributed by atoms with van der Waals surface area (Å²) in [5, 5.41) is 0.254. The monoisotopic (exact) mass is 435 g/mol. The second-order valence-electron chi connectivity index (χ2n) is 6.52. The molecular weight excluding hydrogens is 414 g/mol. The van der Waals surface area contributed by atoms with Crippen LogP contribution in [0.4, 0.5) is 0 Å². The van der Waals surface area contributed by atoms with Crippen LogP contribution in [0.3, 0.4) is 0 Å². The Balaban J connectivity index is 1.86. The van der Waals surface area contributed by atoms with Crippen molar-refractivity contribution in [3.05, 3.63) is 57.6 Å². The fourth-order valence-corrected chi connectivity index (χ4v) is 3.35. The van der Waals surface area contributed by atoms with E-state index in [-0.39, 0.29) is 35.8 Å². The second kappa shape index (κ2) is 9.80. The molecule has 0 unspecified atom stereocenters. The van der Waals surface area contributed by atoms with Crippen LogP contribution in [-0.4, -0.2) is 51.7 Å². The molecule has 0 spiro atoms. The van der Waals surface area contributed by atoms with Crippen molar-refractivity contribution in [3.63, 3.8) is 0 Å². The van der Waals surface area contributed by atoms with Crippen LogP contribution >= 0.6 is 11.6 Å². The molecule has 2 aromatic carbocycles. The summed E-state index contributed by atoms with van der Waals surface area (Å²) in [4.78, 5) is 26.7. The first-order valence-corrected chi connectivity index (χ1v) is 9.42. The van der Waals surface area contributed by atoms with E-state index in [9.17, 15) is 9.59 Å². The van der Waals surface area contributed by atoms with Gasteiger partial charge >= 0.3 is 5.97 Å². The number of amides is 1. The standard InChI is InChI=1S/C21H22ClNO7/c1-26-11-29-18-8-19(30-12-27-2)17(22)7-16(18)20(24)23-9-14-5-4-13(21(25)28-3)6-15(14)10-23/h4-8H,9-12H2,1-3H3. The van der Waals surface area contributed by atoms with Crippen LogP contribution in [0.15, 0.2) is 30.3 Å². The number of fused-ring (bicyclic) bond motifs is 1. The molecule has 0 aromatic heterocycles. The Hall–Kier alpha value is -2.81. The fourth-order valence-electron chi connectivity index (χ4n) is 3.13. The average Bonchev–Trinajstić information content (AvgIpc) is 3.19. The smallest absolute Gasteiger partial charge is 0.337 e. The SMILES string of the molecule is COCOc1cc(OCOC)c(C(=O)N2Cc3ccc(C(=O)OC)cc3C2)cc1Cl. The quantitative estimate of drug-likeness (QED) is 0.465. The van der Waals surface area contributed by atoms with Crippen molar-refractivity contribution in [3.8, 4) is 11.5 Å².